The summed E-state index contributed by atoms with van der Waals surface area (Å²) in [7, 11) is 1.66. The normalized spacial score (nSPS) is 10.4. The van der Waals surface area contributed by atoms with Gasteiger partial charge in [0, 0.05) is 4.47 Å². The van der Waals surface area contributed by atoms with Gasteiger partial charge in [-0.3, -0.25) is 0 Å². The van der Waals surface area contributed by atoms with Crippen LogP contribution in [0.15, 0.2) is 46.9 Å². The van der Waals surface area contributed by atoms with E-state index < -0.39 is 0 Å². The highest BCUT2D eigenvalue weighted by Gasteiger charge is 2.10. The molecule has 21 heavy (non-hydrogen) atoms. The van der Waals surface area contributed by atoms with Crippen molar-refractivity contribution in [1.29, 1.82) is 0 Å². The van der Waals surface area contributed by atoms with Gasteiger partial charge in [0.1, 0.15) is 6.61 Å². The molecule has 2 aromatic rings. The average Bonchev–Trinajstić information content (AvgIpc) is 2.51. The van der Waals surface area contributed by atoms with Crippen LogP contribution in [0.2, 0.25) is 0 Å². The fourth-order valence-corrected chi connectivity index (χ4v) is 2.60. The number of nitrogens with two attached hydrogens (primary N) is 1. The van der Waals surface area contributed by atoms with E-state index in [-0.39, 0.29) is 0 Å². The lowest BCUT2D eigenvalue weighted by atomic mass is 10.1. The number of hydrogen-bond acceptors (Lipinski definition) is 3. The summed E-state index contributed by atoms with van der Waals surface area (Å²) in [5.41, 5.74) is 7.85. The Kier molecular flexibility index (Phi) is 6.08. The molecule has 0 aromatic heterocycles. The Hall–Kier alpha value is -1.52. The van der Waals surface area contributed by atoms with Crippen LogP contribution in [0.4, 0.5) is 0 Å². The van der Waals surface area contributed by atoms with Gasteiger partial charge in [0.15, 0.2) is 11.5 Å². The van der Waals surface area contributed by atoms with Crippen LogP contribution in [0.1, 0.15) is 17.5 Å². The van der Waals surface area contributed by atoms with Crippen LogP contribution in [0, 0.1) is 0 Å². The van der Waals surface area contributed by atoms with Crippen molar-refractivity contribution in [3.05, 3.63) is 58.1 Å². The van der Waals surface area contributed by atoms with E-state index in [9.17, 15) is 0 Å². The van der Waals surface area contributed by atoms with Crippen molar-refractivity contribution in [3.63, 3.8) is 0 Å². The van der Waals surface area contributed by atoms with Crippen molar-refractivity contribution in [3.8, 4) is 11.5 Å². The van der Waals surface area contributed by atoms with Gasteiger partial charge in [-0.05, 0) is 48.7 Å². The first-order chi connectivity index (χ1) is 10.2. The first-order valence-electron chi connectivity index (χ1n) is 6.97. The largest absolute Gasteiger partial charge is 0.493 e. The standard InChI is InChI=1S/C17H20BrNO2/c1-20-16-9-3-6-14(7-4-10-19)17(16)21-12-13-5-2-8-15(18)11-13/h2-3,5-6,8-9,11H,4,7,10,12,19H2,1H3. The van der Waals surface area contributed by atoms with Crippen molar-refractivity contribution < 1.29 is 9.47 Å². The Morgan fingerprint density at radius 3 is 2.67 bits per heavy atom. The predicted molar refractivity (Wildman–Crippen MR) is 88.8 cm³/mol. The molecule has 0 amide bonds. The van der Waals surface area contributed by atoms with E-state index in [1.54, 1.807) is 7.11 Å². The first kappa shape index (κ1) is 15.9. The van der Waals surface area contributed by atoms with Crippen molar-refractivity contribution in [1.82, 2.24) is 0 Å². The number of ether oxygens (including phenoxy) is 2. The van der Waals surface area contributed by atoms with E-state index in [1.165, 1.54) is 0 Å². The second-order valence-electron chi connectivity index (χ2n) is 4.76. The van der Waals surface area contributed by atoms with Crippen molar-refractivity contribution >= 4 is 15.9 Å². The van der Waals surface area contributed by atoms with Crippen LogP contribution in [-0.2, 0) is 13.0 Å². The van der Waals surface area contributed by atoms with Crippen LogP contribution in [0.25, 0.3) is 0 Å². The lowest BCUT2D eigenvalue weighted by Gasteiger charge is -2.15. The molecule has 0 aliphatic rings. The van der Waals surface area contributed by atoms with Gasteiger partial charge in [-0.2, -0.15) is 0 Å². The fourth-order valence-electron chi connectivity index (χ4n) is 2.16. The molecule has 2 rings (SSSR count). The van der Waals surface area contributed by atoms with Crippen LogP contribution >= 0.6 is 15.9 Å². The van der Waals surface area contributed by atoms with Gasteiger partial charge < -0.3 is 15.2 Å². The van der Waals surface area contributed by atoms with Gasteiger partial charge in [0.05, 0.1) is 7.11 Å². The highest BCUT2D eigenvalue weighted by molar-refractivity contribution is 9.10. The van der Waals surface area contributed by atoms with Gasteiger partial charge in [-0.25, -0.2) is 0 Å². The van der Waals surface area contributed by atoms with E-state index in [0.29, 0.717) is 13.2 Å². The van der Waals surface area contributed by atoms with Crippen molar-refractivity contribution in [2.24, 2.45) is 5.73 Å². The van der Waals surface area contributed by atoms with E-state index in [0.717, 1.165) is 39.9 Å². The molecule has 0 saturated heterocycles. The highest BCUT2D eigenvalue weighted by atomic mass is 79.9. The molecule has 0 radical (unpaired) electrons. The Bertz CT molecular complexity index is 587. The molecule has 0 bridgehead atoms. The molecule has 0 unspecified atom stereocenters. The first-order valence-corrected chi connectivity index (χ1v) is 7.77. The number of benzene rings is 2. The molecular formula is C17H20BrNO2. The summed E-state index contributed by atoms with van der Waals surface area (Å²) in [5, 5.41) is 0. The summed E-state index contributed by atoms with van der Waals surface area (Å²) < 4.78 is 12.5. The van der Waals surface area contributed by atoms with Gasteiger partial charge in [0.2, 0.25) is 0 Å². The molecule has 0 aliphatic heterocycles. The fraction of sp³-hybridized carbons (Fsp3) is 0.294. The zero-order valence-electron chi connectivity index (χ0n) is 12.1. The minimum Gasteiger partial charge on any atom is -0.493 e. The molecule has 0 heterocycles. The van der Waals surface area contributed by atoms with Gasteiger partial charge >= 0.3 is 0 Å². The number of hydrogen-bond donors (Lipinski definition) is 1. The second-order valence-corrected chi connectivity index (χ2v) is 5.68. The summed E-state index contributed by atoms with van der Waals surface area (Å²) in [5.74, 6) is 1.58. The number of aryl methyl sites for hydroxylation is 1. The Morgan fingerprint density at radius 2 is 1.95 bits per heavy atom. The zero-order chi connectivity index (χ0) is 15.1. The third kappa shape index (κ3) is 4.48. The molecule has 2 N–H and O–H groups in total. The van der Waals surface area contributed by atoms with Crippen LogP contribution in [0.3, 0.4) is 0 Å². The van der Waals surface area contributed by atoms with Gasteiger partial charge in [-0.1, -0.05) is 40.2 Å². The van der Waals surface area contributed by atoms with Crippen molar-refractivity contribution in [2.75, 3.05) is 13.7 Å². The third-order valence-electron chi connectivity index (χ3n) is 3.20. The third-order valence-corrected chi connectivity index (χ3v) is 3.70. The monoisotopic (exact) mass is 349 g/mol. The minimum absolute atomic E-state index is 0.509. The maximum absolute atomic E-state index is 6.01. The maximum Gasteiger partial charge on any atom is 0.164 e. The number of para-hydroxylation sites is 1. The summed E-state index contributed by atoms with van der Waals surface area (Å²) in [4.78, 5) is 0. The van der Waals surface area contributed by atoms with E-state index in [4.69, 9.17) is 15.2 Å². The summed E-state index contributed by atoms with van der Waals surface area (Å²) in [6, 6.07) is 14.1. The van der Waals surface area contributed by atoms with Crippen LogP contribution < -0.4 is 15.2 Å². The Morgan fingerprint density at radius 1 is 1.14 bits per heavy atom. The van der Waals surface area contributed by atoms with E-state index in [2.05, 4.69) is 28.1 Å². The molecule has 2 aromatic carbocycles. The molecule has 0 saturated carbocycles. The molecule has 4 heteroatoms. The summed E-state index contributed by atoms with van der Waals surface area (Å²) in [6.45, 7) is 1.18. The molecular weight excluding hydrogens is 330 g/mol. The van der Waals surface area contributed by atoms with Crippen LogP contribution in [0.5, 0.6) is 11.5 Å². The molecule has 112 valence electrons. The maximum atomic E-state index is 6.01. The highest BCUT2D eigenvalue weighted by Crippen LogP contribution is 2.32. The predicted octanol–water partition coefficient (Wildman–Crippen LogP) is 3.93. The number of halogens is 1. The smallest absolute Gasteiger partial charge is 0.164 e. The molecule has 0 spiro atoms. The SMILES string of the molecule is COc1cccc(CCCN)c1OCc1cccc(Br)c1. The average molecular weight is 350 g/mol. The lowest BCUT2D eigenvalue weighted by molar-refractivity contribution is 0.281. The van der Waals surface area contributed by atoms with E-state index in [1.807, 2.05) is 30.3 Å². The molecule has 0 fully saturated rings. The Balaban J connectivity index is 2.16. The van der Waals surface area contributed by atoms with Crippen molar-refractivity contribution in [2.45, 2.75) is 19.4 Å². The van der Waals surface area contributed by atoms with Gasteiger partial charge in [-0.15, -0.1) is 0 Å². The topological polar surface area (TPSA) is 44.5 Å². The van der Waals surface area contributed by atoms with Gasteiger partial charge in [0.25, 0.3) is 0 Å². The van der Waals surface area contributed by atoms with Crippen LogP contribution in [-0.4, -0.2) is 13.7 Å². The zero-order valence-corrected chi connectivity index (χ0v) is 13.7. The molecule has 0 aliphatic carbocycles. The number of rotatable bonds is 7. The Labute approximate surface area is 134 Å². The minimum atomic E-state index is 0.509. The summed E-state index contributed by atoms with van der Waals surface area (Å²) in [6.07, 6.45) is 1.82. The lowest BCUT2D eigenvalue weighted by Crippen LogP contribution is -2.04. The van der Waals surface area contributed by atoms with E-state index >= 15 is 0 Å². The summed E-state index contributed by atoms with van der Waals surface area (Å²) >= 11 is 3.47. The quantitative estimate of drug-likeness (QED) is 0.823. The second kappa shape index (κ2) is 8.05. The number of methoxy groups -OCH3 is 1. The molecule has 3 nitrogen and oxygen atoms in total. The molecule has 0 atom stereocenters.